The first-order chi connectivity index (χ1) is 9.15. The lowest BCUT2D eigenvalue weighted by Crippen LogP contribution is -2.15. The van der Waals surface area contributed by atoms with Crippen molar-refractivity contribution in [2.75, 3.05) is 0 Å². The molecular formula is C13H18N4O2. The molecule has 2 rings (SSSR count). The molecule has 2 aromatic rings. The second-order valence-corrected chi connectivity index (χ2v) is 4.46. The fraction of sp³-hybridized carbons (Fsp3) is 0.462. The summed E-state index contributed by atoms with van der Waals surface area (Å²) in [5.74, 6) is 0.161. The molecule has 0 amide bonds. The topological polar surface area (TPSA) is 83.8 Å². The molecule has 0 bridgehead atoms. The Balaban J connectivity index is 2.37. The number of aromatic nitrogens is 4. The molecule has 0 fully saturated rings. The monoisotopic (exact) mass is 262 g/mol. The van der Waals surface area contributed by atoms with Crippen LogP contribution in [0.3, 0.4) is 0 Å². The summed E-state index contributed by atoms with van der Waals surface area (Å²) < 4.78 is 1.78. The van der Waals surface area contributed by atoms with Crippen LogP contribution in [0.25, 0.3) is 11.4 Å². The average molecular weight is 262 g/mol. The Morgan fingerprint density at radius 2 is 2.16 bits per heavy atom. The van der Waals surface area contributed by atoms with E-state index < -0.39 is 0 Å². The maximum absolute atomic E-state index is 11.9. The normalized spacial score (nSPS) is 10.8. The van der Waals surface area contributed by atoms with E-state index in [1.54, 1.807) is 17.1 Å². The first kappa shape index (κ1) is 13.3. The molecule has 0 aliphatic heterocycles. The fourth-order valence-electron chi connectivity index (χ4n) is 1.94. The minimum absolute atomic E-state index is 0.191. The van der Waals surface area contributed by atoms with E-state index in [0.717, 1.165) is 19.4 Å². The Labute approximate surface area is 111 Å². The molecule has 19 heavy (non-hydrogen) atoms. The summed E-state index contributed by atoms with van der Waals surface area (Å²) >= 11 is 0. The molecule has 0 spiro atoms. The van der Waals surface area contributed by atoms with Crippen molar-refractivity contribution in [3.63, 3.8) is 0 Å². The number of aromatic hydroxyl groups is 1. The molecule has 2 heterocycles. The summed E-state index contributed by atoms with van der Waals surface area (Å²) in [6, 6.07) is 0. The predicted octanol–water partition coefficient (Wildman–Crippen LogP) is 1.70. The second-order valence-electron chi connectivity index (χ2n) is 4.46. The van der Waals surface area contributed by atoms with Crippen molar-refractivity contribution in [2.45, 2.75) is 39.7 Å². The Hall–Kier alpha value is -2.11. The molecule has 0 atom stereocenters. The van der Waals surface area contributed by atoms with Gasteiger partial charge in [-0.25, -0.2) is 0 Å². The number of rotatable bonds is 5. The van der Waals surface area contributed by atoms with Crippen LogP contribution in [0.2, 0.25) is 0 Å². The van der Waals surface area contributed by atoms with Gasteiger partial charge in [-0.05, 0) is 12.8 Å². The number of hydrogen-bond acceptors (Lipinski definition) is 4. The summed E-state index contributed by atoms with van der Waals surface area (Å²) in [6.07, 6.45) is 5.72. The molecule has 0 aliphatic carbocycles. The molecule has 0 unspecified atom stereocenters. The lowest BCUT2D eigenvalue weighted by Gasteiger charge is -2.03. The van der Waals surface area contributed by atoms with Gasteiger partial charge in [-0.15, -0.1) is 0 Å². The minimum Gasteiger partial charge on any atom is -0.493 e. The molecule has 2 aromatic heterocycles. The number of hydrogen-bond donors (Lipinski definition) is 2. The zero-order valence-corrected chi connectivity index (χ0v) is 11.2. The number of aryl methyl sites for hydroxylation is 1. The van der Waals surface area contributed by atoms with Gasteiger partial charge in [0.1, 0.15) is 5.82 Å². The standard InChI is InChI=1S/C13H18N4O2/c1-3-5-10-12(18)15-11(16-13(10)19)9-7-14-17(8-9)6-4-2/h7-8H,3-6H2,1-2H3,(H2,15,16,18,19). The van der Waals surface area contributed by atoms with Crippen LogP contribution in [-0.2, 0) is 13.0 Å². The van der Waals surface area contributed by atoms with Crippen molar-refractivity contribution >= 4 is 0 Å². The molecule has 6 nitrogen and oxygen atoms in total. The first-order valence-corrected chi connectivity index (χ1v) is 6.50. The highest BCUT2D eigenvalue weighted by Crippen LogP contribution is 2.17. The molecule has 2 N–H and O–H groups in total. The third-order valence-electron chi connectivity index (χ3n) is 2.85. The predicted molar refractivity (Wildman–Crippen MR) is 72.0 cm³/mol. The van der Waals surface area contributed by atoms with Gasteiger partial charge in [0.2, 0.25) is 5.88 Å². The molecule has 0 saturated carbocycles. The largest absolute Gasteiger partial charge is 0.493 e. The molecule has 0 radical (unpaired) electrons. The van der Waals surface area contributed by atoms with Gasteiger partial charge in [0, 0.05) is 12.7 Å². The number of nitrogens with one attached hydrogen (secondary N) is 1. The molecule has 0 aromatic carbocycles. The molecule has 102 valence electrons. The quantitative estimate of drug-likeness (QED) is 0.859. The lowest BCUT2D eigenvalue weighted by molar-refractivity contribution is 0.443. The van der Waals surface area contributed by atoms with Gasteiger partial charge in [0.25, 0.3) is 5.56 Å². The Morgan fingerprint density at radius 1 is 1.37 bits per heavy atom. The van der Waals surface area contributed by atoms with Crippen LogP contribution in [0.15, 0.2) is 17.2 Å². The Morgan fingerprint density at radius 3 is 2.79 bits per heavy atom. The van der Waals surface area contributed by atoms with E-state index in [-0.39, 0.29) is 11.4 Å². The van der Waals surface area contributed by atoms with Crippen molar-refractivity contribution in [1.82, 2.24) is 19.7 Å². The summed E-state index contributed by atoms with van der Waals surface area (Å²) in [7, 11) is 0. The van der Waals surface area contributed by atoms with E-state index in [4.69, 9.17) is 0 Å². The molecule has 6 heteroatoms. The van der Waals surface area contributed by atoms with Crippen molar-refractivity contribution in [3.8, 4) is 17.3 Å². The summed E-state index contributed by atoms with van der Waals surface area (Å²) in [5, 5.41) is 14.0. The van der Waals surface area contributed by atoms with Crippen LogP contribution in [0.4, 0.5) is 0 Å². The first-order valence-electron chi connectivity index (χ1n) is 6.50. The van der Waals surface area contributed by atoms with Crippen LogP contribution >= 0.6 is 0 Å². The van der Waals surface area contributed by atoms with Crippen LogP contribution in [-0.4, -0.2) is 24.9 Å². The van der Waals surface area contributed by atoms with E-state index >= 15 is 0 Å². The van der Waals surface area contributed by atoms with Gasteiger partial charge in [0.15, 0.2) is 0 Å². The highest BCUT2D eigenvalue weighted by atomic mass is 16.3. The second kappa shape index (κ2) is 5.69. The summed E-state index contributed by atoms with van der Waals surface area (Å²) in [5.41, 5.74) is 0.753. The van der Waals surface area contributed by atoms with E-state index in [9.17, 15) is 9.90 Å². The van der Waals surface area contributed by atoms with E-state index in [2.05, 4.69) is 22.0 Å². The van der Waals surface area contributed by atoms with Crippen LogP contribution < -0.4 is 5.56 Å². The van der Waals surface area contributed by atoms with E-state index in [1.807, 2.05) is 6.92 Å². The summed E-state index contributed by atoms with van der Waals surface area (Å²) in [4.78, 5) is 18.6. The Kier molecular flexibility index (Phi) is 3.99. The number of nitrogens with zero attached hydrogens (tertiary/aromatic N) is 3. The smallest absolute Gasteiger partial charge is 0.258 e. The van der Waals surface area contributed by atoms with Crippen LogP contribution in [0, 0.1) is 0 Å². The third-order valence-corrected chi connectivity index (χ3v) is 2.85. The van der Waals surface area contributed by atoms with Crippen molar-refractivity contribution in [3.05, 3.63) is 28.3 Å². The lowest BCUT2D eigenvalue weighted by atomic mass is 10.2. The third kappa shape index (κ3) is 2.83. The van der Waals surface area contributed by atoms with Gasteiger partial charge in [-0.1, -0.05) is 20.3 Å². The summed E-state index contributed by atoms with van der Waals surface area (Å²) in [6.45, 7) is 4.82. The van der Waals surface area contributed by atoms with Gasteiger partial charge in [0.05, 0.1) is 17.3 Å². The van der Waals surface area contributed by atoms with Crippen molar-refractivity contribution in [2.24, 2.45) is 0 Å². The molecule has 0 saturated heterocycles. The zero-order chi connectivity index (χ0) is 13.8. The van der Waals surface area contributed by atoms with Crippen molar-refractivity contribution < 1.29 is 5.11 Å². The highest BCUT2D eigenvalue weighted by molar-refractivity contribution is 5.53. The number of H-pyrrole nitrogens is 1. The van der Waals surface area contributed by atoms with E-state index in [1.165, 1.54) is 0 Å². The maximum atomic E-state index is 11.9. The highest BCUT2D eigenvalue weighted by Gasteiger charge is 2.12. The van der Waals surface area contributed by atoms with Crippen LogP contribution in [0.5, 0.6) is 5.88 Å². The Bertz CT molecular complexity index is 615. The van der Waals surface area contributed by atoms with Gasteiger partial charge < -0.3 is 10.1 Å². The maximum Gasteiger partial charge on any atom is 0.258 e. The SMILES string of the molecule is CCCc1c(O)nc(-c2cnn(CCC)c2)[nH]c1=O. The van der Waals surface area contributed by atoms with E-state index in [0.29, 0.717) is 23.4 Å². The van der Waals surface area contributed by atoms with Crippen LogP contribution in [0.1, 0.15) is 32.3 Å². The van der Waals surface area contributed by atoms with Gasteiger partial charge in [-0.3, -0.25) is 9.48 Å². The minimum atomic E-state index is -0.285. The number of aromatic amines is 1. The molecular weight excluding hydrogens is 244 g/mol. The van der Waals surface area contributed by atoms with Gasteiger partial charge >= 0.3 is 0 Å². The molecule has 0 aliphatic rings. The van der Waals surface area contributed by atoms with Crippen molar-refractivity contribution in [1.29, 1.82) is 0 Å². The fourth-order valence-corrected chi connectivity index (χ4v) is 1.94. The van der Waals surface area contributed by atoms with Gasteiger partial charge in [-0.2, -0.15) is 10.1 Å². The zero-order valence-electron chi connectivity index (χ0n) is 11.2. The average Bonchev–Trinajstić information content (AvgIpc) is 2.83.